The second kappa shape index (κ2) is 7.35. The average molecular weight is 385 g/mol. The van der Waals surface area contributed by atoms with E-state index in [9.17, 15) is 4.79 Å². The van der Waals surface area contributed by atoms with Gasteiger partial charge in [-0.2, -0.15) is 4.98 Å². The predicted molar refractivity (Wildman–Crippen MR) is 108 cm³/mol. The number of carbonyl (C=O) groups excluding carboxylic acids is 1. The van der Waals surface area contributed by atoms with Crippen molar-refractivity contribution in [2.24, 2.45) is 5.92 Å². The number of pyridine rings is 2. The van der Waals surface area contributed by atoms with E-state index in [1.807, 2.05) is 60.8 Å². The average Bonchev–Trinajstić information content (AvgIpc) is 3.53. The first kappa shape index (κ1) is 17.4. The van der Waals surface area contributed by atoms with Crippen LogP contribution in [0.4, 0.5) is 5.95 Å². The van der Waals surface area contributed by atoms with Gasteiger partial charge in [0.25, 0.3) is 0 Å². The zero-order chi connectivity index (χ0) is 19.6. The Morgan fingerprint density at radius 2 is 1.97 bits per heavy atom. The molecule has 0 atom stereocenters. The summed E-state index contributed by atoms with van der Waals surface area (Å²) < 4.78 is 7.49. The van der Waals surface area contributed by atoms with Crippen LogP contribution in [0.25, 0.3) is 16.8 Å². The van der Waals surface area contributed by atoms with Gasteiger partial charge in [0.1, 0.15) is 12.4 Å². The van der Waals surface area contributed by atoms with E-state index >= 15 is 0 Å². The van der Waals surface area contributed by atoms with Crippen LogP contribution in [-0.4, -0.2) is 25.5 Å². The smallest absolute Gasteiger partial charge is 0.249 e. The van der Waals surface area contributed by atoms with Crippen molar-refractivity contribution in [2.75, 3.05) is 5.32 Å². The highest BCUT2D eigenvalue weighted by Crippen LogP contribution is 2.30. The normalized spacial score (nSPS) is 13.4. The highest BCUT2D eigenvalue weighted by Gasteiger charge is 2.30. The molecule has 7 nitrogen and oxygen atoms in total. The number of amides is 1. The van der Waals surface area contributed by atoms with Crippen LogP contribution < -0.4 is 10.1 Å². The maximum atomic E-state index is 12.0. The maximum Gasteiger partial charge on any atom is 0.249 e. The monoisotopic (exact) mass is 385 g/mol. The van der Waals surface area contributed by atoms with Crippen molar-refractivity contribution in [3.8, 4) is 16.9 Å². The molecule has 1 aliphatic rings. The topological polar surface area (TPSA) is 81.4 Å². The molecule has 3 heterocycles. The quantitative estimate of drug-likeness (QED) is 0.547. The fourth-order valence-corrected chi connectivity index (χ4v) is 3.11. The molecule has 1 aliphatic carbocycles. The summed E-state index contributed by atoms with van der Waals surface area (Å²) in [5.74, 6) is 1.21. The molecule has 1 saturated carbocycles. The number of hydrogen-bond donors (Lipinski definition) is 1. The summed E-state index contributed by atoms with van der Waals surface area (Å²) in [5, 5.41) is 7.18. The molecule has 5 rings (SSSR count). The Morgan fingerprint density at radius 3 is 2.72 bits per heavy atom. The molecular weight excluding hydrogens is 366 g/mol. The molecule has 0 spiro atoms. The molecule has 0 unspecified atom stereocenters. The molecule has 0 bridgehead atoms. The minimum Gasteiger partial charge on any atom is -0.487 e. The van der Waals surface area contributed by atoms with E-state index in [-0.39, 0.29) is 11.8 Å². The summed E-state index contributed by atoms with van der Waals surface area (Å²) in [6, 6.07) is 17.5. The number of fused-ring (bicyclic) bond motifs is 1. The fraction of sp³-hybridized carbons (Fsp3) is 0.182. The van der Waals surface area contributed by atoms with E-state index in [0.29, 0.717) is 18.2 Å². The number of aromatic nitrogens is 4. The Bertz CT molecular complexity index is 1150. The van der Waals surface area contributed by atoms with Crippen LogP contribution in [0.2, 0.25) is 0 Å². The SMILES string of the molecule is O=C(Nc1nc2c(-c3ccc(OCc4ccccn4)cc3)cccn2n1)C1CC1. The summed E-state index contributed by atoms with van der Waals surface area (Å²) in [6.07, 6.45) is 5.46. The van der Waals surface area contributed by atoms with Gasteiger partial charge in [-0.05, 0) is 54.8 Å². The lowest BCUT2D eigenvalue weighted by Gasteiger charge is -2.07. The third-order valence-electron chi connectivity index (χ3n) is 4.82. The van der Waals surface area contributed by atoms with E-state index in [1.54, 1.807) is 10.7 Å². The van der Waals surface area contributed by atoms with Crippen molar-refractivity contribution in [3.63, 3.8) is 0 Å². The van der Waals surface area contributed by atoms with E-state index in [1.165, 1.54) is 0 Å². The first-order valence-electron chi connectivity index (χ1n) is 9.56. The van der Waals surface area contributed by atoms with Gasteiger partial charge in [-0.1, -0.05) is 18.2 Å². The van der Waals surface area contributed by atoms with Crippen molar-refractivity contribution in [3.05, 3.63) is 72.7 Å². The first-order valence-corrected chi connectivity index (χ1v) is 9.56. The lowest BCUT2D eigenvalue weighted by atomic mass is 10.1. The first-order chi connectivity index (χ1) is 14.3. The van der Waals surface area contributed by atoms with Crippen molar-refractivity contribution in [1.82, 2.24) is 19.6 Å². The van der Waals surface area contributed by atoms with E-state index in [4.69, 9.17) is 4.74 Å². The predicted octanol–water partition coefficient (Wildman–Crippen LogP) is 3.72. The number of anilines is 1. The molecule has 7 heteroatoms. The molecule has 1 N–H and O–H groups in total. The van der Waals surface area contributed by atoms with E-state index < -0.39 is 0 Å². The van der Waals surface area contributed by atoms with Gasteiger partial charge in [-0.3, -0.25) is 15.1 Å². The van der Waals surface area contributed by atoms with Crippen molar-refractivity contribution in [1.29, 1.82) is 0 Å². The van der Waals surface area contributed by atoms with Crippen molar-refractivity contribution in [2.45, 2.75) is 19.4 Å². The Hall–Kier alpha value is -3.74. The Kier molecular flexibility index (Phi) is 4.40. The molecule has 1 aromatic carbocycles. The summed E-state index contributed by atoms with van der Waals surface area (Å²) in [5.41, 5.74) is 3.50. The van der Waals surface area contributed by atoms with Crippen LogP contribution in [0, 0.1) is 5.92 Å². The Labute approximate surface area is 167 Å². The highest BCUT2D eigenvalue weighted by atomic mass is 16.5. The number of hydrogen-bond acceptors (Lipinski definition) is 5. The maximum absolute atomic E-state index is 12.0. The third kappa shape index (κ3) is 3.80. The highest BCUT2D eigenvalue weighted by molar-refractivity contribution is 5.93. The molecular formula is C22H19N5O2. The fourth-order valence-electron chi connectivity index (χ4n) is 3.11. The molecule has 3 aromatic heterocycles. The molecule has 4 aromatic rings. The lowest BCUT2D eigenvalue weighted by Crippen LogP contribution is -2.14. The lowest BCUT2D eigenvalue weighted by molar-refractivity contribution is -0.117. The minimum atomic E-state index is -0.00290. The van der Waals surface area contributed by atoms with Gasteiger partial charge in [0.15, 0.2) is 5.65 Å². The van der Waals surface area contributed by atoms with Gasteiger partial charge in [-0.15, -0.1) is 5.10 Å². The molecule has 29 heavy (non-hydrogen) atoms. The number of rotatable bonds is 6. The number of carbonyl (C=O) groups is 1. The Balaban J connectivity index is 1.35. The van der Waals surface area contributed by atoms with Crippen LogP contribution in [0.3, 0.4) is 0 Å². The molecule has 1 amide bonds. The van der Waals surface area contributed by atoms with Gasteiger partial charge in [0, 0.05) is 23.9 Å². The zero-order valence-corrected chi connectivity index (χ0v) is 15.7. The molecule has 0 aliphatic heterocycles. The summed E-state index contributed by atoms with van der Waals surface area (Å²) in [4.78, 5) is 20.8. The molecule has 0 saturated heterocycles. The largest absolute Gasteiger partial charge is 0.487 e. The standard InChI is InChI=1S/C22H19N5O2/c28-21(16-6-7-16)25-22-24-20-19(5-3-13-27(20)26-22)15-8-10-18(11-9-15)29-14-17-4-1-2-12-23-17/h1-5,8-13,16H,6-7,14H2,(H,25,26,28). The Morgan fingerprint density at radius 1 is 1.10 bits per heavy atom. The minimum absolute atomic E-state index is 0.00290. The number of ether oxygens (including phenoxy) is 1. The molecule has 144 valence electrons. The van der Waals surface area contributed by atoms with E-state index in [0.717, 1.165) is 35.4 Å². The third-order valence-corrected chi connectivity index (χ3v) is 4.82. The summed E-state index contributed by atoms with van der Waals surface area (Å²) >= 11 is 0. The van der Waals surface area contributed by atoms with Gasteiger partial charge in [0.05, 0.1) is 5.69 Å². The molecule has 0 radical (unpaired) electrons. The van der Waals surface area contributed by atoms with Crippen LogP contribution >= 0.6 is 0 Å². The van der Waals surface area contributed by atoms with E-state index in [2.05, 4.69) is 20.4 Å². The molecule has 1 fully saturated rings. The number of benzene rings is 1. The summed E-state index contributed by atoms with van der Waals surface area (Å²) in [6.45, 7) is 0.421. The van der Waals surface area contributed by atoms with Crippen LogP contribution in [0.15, 0.2) is 67.0 Å². The van der Waals surface area contributed by atoms with Gasteiger partial charge >= 0.3 is 0 Å². The van der Waals surface area contributed by atoms with Crippen LogP contribution in [0.5, 0.6) is 5.75 Å². The van der Waals surface area contributed by atoms with Gasteiger partial charge in [-0.25, -0.2) is 4.52 Å². The second-order valence-electron chi connectivity index (χ2n) is 7.02. The van der Waals surface area contributed by atoms with Crippen LogP contribution in [-0.2, 0) is 11.4 Å². The summed E-state index contributed by atoms with van der Waals surface area (Å²) in [7, 11) is 0. The van der Waals surface area contributed by atoms with Crippen LogP contribution in [0.1, 0.15) is 18.5 Å². The van der Waals surface area contributed by atoms with Gasteiger partial charge < -0.3 is 4.74 Å². The van der Waals surface area contributed by atoms with Gasteiger partial charge in [0.2, 0.25) is 11.9 Å². The number of nitrogens with zero attached hydrogens (tertiary/aromatic N) is 4. The second-order valence-corrected chi connectivity index (χ2v) is 7.02. The number of nitrogens with one attached hydrogen (secondary N) is 1. The zero-order valence-electron chi connectivity index (χ0n) is 15.7. The van der Waals surface area contributed by atoms with Crippen molar-refractivity contribution >= 4 is 17.5 Å². The van der Waals surface area contributed by atoms with Crippen molar-refractivity contribution < 1.29 is 9.53 Å².